The molecule has 5 heteroatoms. The van der Waals surface area contributed by atoms with Crippen LogP contribution in [0.4, 0.5) is 0 Å². The summed E-state index contributed by atoms with van der Waals surface area (Å²) in [6.07, 6.45) is 7.15. The van der Waals surface area contributed by atoms with Crippen molar-refractivity contribution in [1.82, 2.24) is 4.98 Å². The molecule has 2 rings (SSSR count). The van der Waals surface area contributed by atoms with E-state index in [1.165, 1.54) is 6.07 Å². The molecule has 1 aromatic heterocycles. The average molecular weight is 380 g/mol. The van der Waals surface area contributed by atoms with E-state index in [0.29, 0.717) is 24.0 Å². The molecule has 0 aliphatic rings. The van der Waals surface area contributed by atoms with Crippen molar-refractivity contribution in [2.75, 3.05) is 0 Å². The number of pyridine rings is 1. The molecule has 1 atom stereocenters. The second-order valence-corrected chi connectivity index (χ2v) is 6.97. The van der Waals surface area contributed by atoms with E-state index < -0.39 is 0 Å². The molecule has 1 aromatic carbocycles. The Kier molecular flexibility index (Phi) is 7.93. The minimum atomic E-state index is -0.0955. The average Bonchev–Trinajstić information content (AvgIpc) is 2.69. The summed E-state index contributed by atoms with van der Waals surface area (Å²) < 4.78 is 5.79. The highest BCUT2D eigenvalue weighted by Gasteiger charge is 2.11. The number of nitrogens with zero attached hydrogens (tertiary/aromatic N) is 2. The van der Waals surface area contributed by atoms with E-state index in [1.54, 1.807) is 18.3 Å². The highest BCUT2D eigenvalue weighted by molar-refractivity contribution is 5.84. The van der Waals surface area contributed by atoms with E-state index in [2.05, 4.69) is 30.7 Å². The Morgan fingerprint density at radius 2 is 2.07 bits per heavy atom. The number of benzene rings is 1. The van der Waals surface area contributed by atoms with Gasteiger partial charge in [-0.3, -0.25) is 14.8 Å². The fraction of sp³-hybridized carbons (Fsp3) is 0.348. The number of phenolic OH excluding ortho intramolecular Hbond substituents is 1. The first-order valence-electron chi connectivity index (χ1n) is 9.52. The summed E-state index contributed by atoms with van der Waals surface area (Å²) in [6.45, 7) is 8.71. The van der Waals surface area contributed by atoms with Gasteiger partial charge in [-0.2, -0.15) is 0 Å². The van der Waals surface area contributed by atoms with E-state index in [4.69, 9.17) is 4.74 Å². The highest BCUT2D eigenvalue weighted by Crippen LogP contribution is 2.27. The molecule has 0 aliphatic heterocycles. The van der Waals surface area contributed by atoms with Crippen molar-refractivity contribution in [2.24, 2.45) is 10.9 Å². The second kappa shape index (κ2) is 10.4. The van der Waals surface area contributed by atoms with Gasteiger partial charge in [0.15, 0.2) is 6.29 Å². The number of ether oxygens (including phenoxy) is 1. The number of phenols is 1. The van der Waals surface area contributed by atoms with Crippen molar-refractivity contribution >= 4 is 18.1 Å². The van der Waals surface area contributed by atoms with Crippen LogP contribution in [0.15, 0.2) is 47.6 Å². The Labute approximate surface area is 166 Å². The molecule has 1 unspecified atom stereocenters. The van der Waals surface area contributed by atoms with Crippen LogP contribution in [0.2, 0.25) is 0 Å². The van der Waals surface area contributed by atoms with Gasteiger partial charge in [-0.25, -0.2) is 0 Å². The Hall–Kier alpha value is -2.95. The van der Waals surface area contributed by atoms with Crippen LogP contribution < -0.4 is 4.74 Å². The molecule has 5 nitrogen and oxygen atoms in total. The smallest absolute Gasteiger partial charge is 0.157 e. The Bertz CT molecular complexity index is 857. The lowest BCUT2D eigenvalue weighted by molar-refractivity contribution is 0.111. The zero-order valence-corrected chi connectivity index (χ0v) is 16.9. The molecule has 0 aliphatic carbocycles. The maximum atomic E-state index is 11.2. The van der Waals surface area contributed by atoms with Crippen LogP contribution in [0.3, 0.4) is 0 Å². The van der Waals surface area contributed by atoms with Crippen molar-refractivity contribution in [2.45, 2.75) is 46.8 Å². The van der Waals surface area contributed by atoms with Gasteiger partial charge in [-0.1, -0.05) is 32.9 Å². The monoisotopic (exact) mass is 380 g/mol. The topological polar surface area (TPSA) is 71.8 Å². The number of aromatic hydroxyl groups is 1. The van der Waals surface area contributed by atoms with E-state index in [-0.39, 0.29) is 17.9 Å². The molecule has 0 fully saturated rings. The third kappa shape index (κ3) is 5.52. The molecule has 0 spiro atoms. The normalized spacial score (nSPS) is 13.1. The van der Waals surface area contributed by atoms with Crippen LogP contribution in [-0.4, -0.2) is 28.6 Å². The molecular formula is C23H28N2O3. The van der Waals surface area contributed by atoms with Crippen LogP contribution >= 0.6 is 0 Å². The first kappa shape index (κ1) is 21.4. The van der Waals surface area contributed by atoms with Gasteiger partial charge < -0.3 is 9.84 Å². The largest absolute Gasteiger partial charge is 0.507 e. The summed E-state index contributed by atoms with van der Waals surface area (Å²) in [6, 6.07) is 8.84. The van der Waals surface area contributed by atoms with Crippen molar-refractivity contribution in [1.29, 1.82) is 0 Å². The Morgan fingerprint density at radius 1 is 1.29 bits per heavy atom. The number of rotatable bonds is 9. The van der Waals surface area contributed by atoms with Gasteiger partial charge >= 0.3 is 0 Å². The molecule has 1 heterocycles. The van der Waals surface area contributed by atoms with Crippen LogP contribution in [0.5, 0.6) is 11.5 Å². The lowest BCUT2D eigenvalue weighted by atomic mass is 10.0. The summed E-state index contributed by atoms with van der Waals surface area (Å²) in [7, 11) is 0. The Balaban J connectivity index is 2.19. The van der Waals surface area contributed by atoms with Crippen molar-refractivity contribution in [3.63, 3.8) is 0 Å². The lowest BCUT2D eigenvalue weighted by Crippen LogP contribution is -2.11. The maximum absolute atomic E-state index is 11.2. The predicted molar refractivity (Wildman–Crippen MR) is 113 cm³/mol. The van der Waals surface area contributed by atoms with Crippen LogP contribution in [0, 0.1) is 5.92 Å². The second-order valence-electron chi connectivity index (χ2n) is 6.97. The first-order valence-corrected chi connectivity index (χ1v) is 9.52. The zero-order chi connectivity index (χ0) is 20.5. The summed E-state index contributed by atoms with van der Waals surface area (Å²) in [4.78, 5) is 20.3. The maximum Gasteiger partial charge on any atom is 0.157 e. The lowest BCUT2D eigenvalue weighted by Gasteiger charge is -2.13. The van der Waals surface area contributed by atoms with Crippen LogP contribution in [-0.2, 0) is 6.61 Å². The summed E-state index contributed by atoms with van der Waals surface area (Å²) in [5.74, 6) is 0.751. The molecule has 148 valence electrons. The van der Waals surface area contributed by atoms with Gasteiger partial charge in [-0.05, 0) is 49.1 Å². The first-order chi connectivity index (χ1) is 13.5. The summed E-state index contributed by atoms with van der Waals surface area (Å²) in [5.41, 5.74) is 2.83. The molecule has 0 saturated heterocycles. The van der Waals surface area contributed by atoms with Crippen molar-refractivity contribution in [3.05, 3.63) is 59.4 Å². The number of hydrogen-bond acceptors (Lipinski definition) is 5. The quantitative estimate of drug-likeness (QED) is 0.486. The number of aldehydes is 1. The third-order valence-corrected chi connectivity index (χ3v) is 4.60. The number of allylic oxidation sites excluding steroid dienone is 2. The summed E-state index contributed by atoms with van der Waals surface area (Å²) in [5, 5.41) is 9.79. The molecule has 0 bridgehead atoms. The standard InChI is InChI=1S/C23H28N2O3/c1-5-20(16(2)3)24-13-11-17(4)23-18(8-7-12-25-23)15-28-22-10-6-9-21(27)19(22)14-26/h6-14,16,20,27H,5,15H2,1-4H3/b17-11+,24-13-. The predicted octanol–water partition coefficient (Wildman–Crippen LogP) is 5.09. The zero-order valence-electron chi connectivity index (χ0n) is 16.9. The molecular weight excluding hydrogens is 352 g/mol. The van der Waals surface area contributed by atoms with Crippen LogP contribution in [0.1, 0.15) is 55.7 Å². The number of hydrogen-bond donors (Lipinski definition) is 1. The highest BCUT2D eigenvalue weighted by atomic mass is 16.5. The molecule has 0 amide bonds. The summed E-state index contributed by atoms with van der Waals surface area (Å²) >= 11 is 0. The van der Waals surface area contributed by atoms with Gasteiger partial charge in [-0.15, -0.1) is 0 Å². The van der Waals surface area contributed by atoms with Crippen LogP contribution in [0.25, 0.3) is 5.57 Å². The molecule has 28 heavy (non-hydrogen) atoms. The fourth-order valence-corrected chi connectivity index (χ4v) is 2.94. The van der Waals surface area contributed by atoms with E-state index in [9.17, 15) is 9.90 Å². The van der Waals surface area contributed by atoms with Gasteiger partial charge in [0, 0.05) is 18.0 Å². The minimum Gasteiger partial charge on any atom is -0.507 e. The van der Waals surface area contributed by atoms with E-state index >= 15 is 0 Å². The minimum absolute atomic E-state index is 0.0955. The number of aliphatic imine (C=N–C) groups is 1. The van der Waals surface area contributed by atoms with Gasteiger partial charge in [0.1, 0.15) is 18.1 Å². The van der Waals surface area contributed by atoms with Gasteiger partial charge in [0.25, 0.3) is 0 Å². The van der Waals surface area contributed by atoms with Gasteiger partial charge in [0.05, 0.1) is 17.3 Å². The molecule has 2 aromatic rings. The Morgan fingerprint density at radius 3 is 2.75 bits per heavy atom. The van der Waals surface area contributed by atoms with Gasteiger partial charge in [0.2, 0.25) is 0 Å². The van der Waals surface area contributed by atoms with Crippen molar-refractivity contribution in [3.8, 4) is 11.5 Å². The van der Waals surface area contributed by atoms with E-state index in [0.717, 1.165) is 23.3 Å². The molecule has 0 saturated carbocycles. The van der Waals surface area contributed by atoms with Crippen molar-refractivity contribution < 1.29 is 14.6 Å². The number of carbonyl (C=O) groups excluding carboxylic acids is 1. The fourth-order valence-electron chi connectivity index (χ4n) is 2.94. The molecule has 0 radical (unpaired) electrons. The number of carbonyl (C=O) groups is 1. The SMILES string of the molecule is CCC(/N=C\C=C(/C)c1ncccc1COc1cccc(O)c1C=O)C(C)C. The molecule has 1 N–H and O–H groups in total. The van der Waals surface area contributed by atoms with E-state index in [1.807, 2.05) is 31.3 Å². The number of aromatic nitrogens is 1. The third-order valence-electron chi connectivity index (χ3n) is 4.60.